The highest BCUT2D eigenvalue weighted by Gasteiger charge is 2.47. The Morgan fingerprint density at radius 2 is 1.71 bits per heavy atom. The molecule has 1 aromatic carbocycles. The van der Waals surface area contributed by atoms with Gasteiger partial charge in [-0.3, -0.25) is 19.4 Å². The van der Waals surface area contributed by atoms with Gasteiger partial charge in [-0.1, -0.05) is 30.3 Å². The van der Waals surface area contributed by atoms with Crippen molar-refractivity contribution < 1.29 is 14.4 Å². The van der Waals surface area contributed by atoms with Crippen LogP contribution in [0.5, 0.6) is 0 Å². The molecule has 4 amide bonds. The molecule has 7 heteroatoms. The molecule has 2 fully saturated rings. The molecule has 1 saturated heterocycles. The maximum Gasteiger partial charge on any atom is 0.335 e. The van der Waals surface area contributed by atoms with Gasteiger partial charge in [-0.15, -0.1) is 11.3 Å². The predicted octanol–water partition coefficient (Wildman–Crippen LogP) is 3.01. The Hall–Kier alpha value is -2.51. The molecule has 0 bridgehead atoms. The van der Waals surface area contributed by atoms with E-state index in [1.807, 2.05) is 30.3 Å². The van der Waals surface area contributed by atoms with Crippen molar-refractivity contribution in [2.45, 2.75) is 31.8 Å². The van der Waals surface area contributed by atoms with Gasteiger partial charge in [0.05, 0.1) is 13.2 Å². The summed E-state index contributed by atoms with van der Waals surface area (Å²) < 4.78 is 0. The van der Waals surface area contributed by atoms with Crippen LogP contribution in [-0.4, -0.2) is 45.8 Å². The van der Waals surface area contributed by atoms with Crippen molar-refractivity contribution in [1.29, 1.82) is 0 Å². The van der Waals surface area contributed by atoms with Crippen LogP contribution in [0.15, 0.2) is 41.8 Å². The van der Waals surface area contributed by atoms with Crippen LogP contribution in [0.25, 0.3) is 0 Å². The van der Waals surface area contributed by atoms with Crippen LogP contribution >= 0.6 is 11.3 Å². The number of benzene rings is 1. The third-order valence-corrected chi connectivity index (χ3v) is 6.82. The molecule has 2 aromatic rings. The molecule has 0 spiro atoms. The fraction of sp³-hybridized carbons (Fsp3) is 0.381. The summed E-state index contributed by atoms with van der Waals surface area (Å²) in [5, 5.41) is 2.13. The minimum Gasteiger partial charge on any atom is -0.278 e. The van der Waals surface area contributed by atoms with Gasteiger partial charge in [0.1, 0.15) is 0 Å². The molecule has 2 aliphatic heterocycles. The van der Waals surface area contributed by atoms with E-state index in [-0.39, 0.29) is 19.3 Å². The SMILES string of the molecule is O=C1C(=O)N(CN2CCc3sccc3[C@H]2C2CC2)C(=O)N1Cc1ccccc1. The van der Waals surface area contributed by atoms with Gasteiger partial charge >= 0.3 is 17.8 Å². The molecular weight excluding hydrogens is 374 g/mol. The first-order valence-corrected chi connectivity index (χ1v) is 10.5. The van der Waals surface area contributed by atoms with Gasteiger partial charge in [0.15, 0.2) is 0 Å². The molecule has 28 heavy (non-hydrogen) atoms. The summed E-state index contributed by atoms with van der Waals surface area (Å²) in [4.78, 5) is 43.7. The molecule has 1 saturated carbocycles. The number of amides is 4. The molecule has 0 unspecified atom stereocenters. The first-order valence-electron chi connectivity index (χ1n) is 9.65. The van der Waals surface area contributed by atoms with Gasteiger partial charge in [-0.2, -0.15) is 0 Å². The fourth-order valence-corrected chi connectivity index (χ4v) is 5.20. The van der Waals surface area contributed by atoms with Crippen LogP contribution in [0, 0.1) is 5.92 Å². The van der Waals surface area contributed by atoms with E-state index in [1.165, 1.54) is 23.3 Å². The zero-order valence-corrected chi connectivity index (χ0v) is 16.2. The van der Waals surface area contributed by atoms with Crippen molar-refractivity contribution in [3.8, 4) is 0 Å². The highest BCUT2D eigenvalue weighted by atomic mass is 32.1. The molecule has 0 N–H and O–H groups in total. The zero-order valence-electron chi connectivity index (χ0n) is 15.4. The van der Waals surface area contributed by atoms with Gasteiger partial charge in [0.25, 0.3) is 0 Å². The Bertz CT molecular complexity index is 937. The van der Waals surface area contributed by atoms with Crippen LogP contribution in [0.3, 0.4) is 0 Å². The Labute approximate surface area is 167 Å². The Morgan fingerprint density at radius 3 is 2.46 bits per heavy atom. The number of urea groups is 1. The summed E-state index contributed by atoms with van der Waals surface area (Å²) in [6.45, 7) is 1.12. The first kappa shape index (κ1) is 17.6. The van der Waals surface area contributed by atoms with Gasteiger partial charge < -0.3 is 0 Å². The van der Waals surface area contributed by atoms with E-state index in [0.29, 0.717) is 5.92 Å². The van der Waals surface area contributed by atoms with Crippen LogP contribution in [0.2, 0.25) is 0 Å². The Balaban J connectivity index is 1.36. The maximum atomic E-state index is 12.9. The van der Waals surface area contributed by atoms with Crippen molar-refractivity contribution >= 4 is 29.2 Å². The van der Waals surface area contributed by atoms with Crippen LogP contribution < -0.4 is 0 Å². The normalized spacial score (nSPS) is 22.9. The molecule has 0 radical (unpaired) electrons. The first-order chi connectivity index (χ1) is 13.6. The lowest BCUT2D eigenvalue weighted by atomic mass is 9.96. The second-order valence-corrected chi connectivity index (χ2v) is 8.68. The van der Waals surface area contributed by atoms with Crippen LogP contribution in [0.4, 0.5) is 4.79 Å². The van der Waals surface area contributed by atoms with Crippen molar-refractivity contribution in [3.05, 3.63) is 57.8 Å². The van der Waals surface area contributed by atoms with E-state index in [0.717, 1.165) is 28.3 Å². The van der Waals surface area contributed by atoms with Crippen molar-refractivity contribution in [2.75, 3.05) is 13.2 Å². The molecule has 1 atom stereocenters. The lowest BCUT2D eigenvalue weighted by Crippen LogP contribution is -2.46. The number of hydrogen-bond donors (Lipinski definition) is 0. The smallest absolute Gasteiger partial charge is 0.278 e. The van der Waals surface area contributed by atoms with Crippen LogP contribution in [0.1, 0.15) is 34.9 Å². The van der Waals surface area contributed by atoms with Crippen molar-refractivity contribution in [1.82, 2.24) is 14.7 Å². The van der Waals surface area contributed by atoms with E-state index in [4.69, 9.17) is 0 Å². The summed E-state index contributed by atoms with van der Waals surface area (Å²) in [5.74, 6) is -0.866. The van der Waals surface area contributed by atoms with Crippen LogP contribution in [-0.2, 0) is 22.6 Å². The maximum absolute atomic E-state index is 12.9. The minimum atomic E-state index is -0.731. The molecule has 1 aliphatic carbocycles. The monoisotopic (exact) mass is 395 g/mol. The molecule has 5 rings (SSSR count). The molecule has 3 aliphatic rings. The van der Waals surface area contributed by atoms with Crippen molar-refractivity contribution in [3.63, 3.8) is 0 Å². The largest absolute Gasteiger partial charge is 0.335 e. The predicted molar refractivity (Wildman–Crippen MR) is 104 cm³/mol. The van der Waals surface area contributed by atoms with Gasteiger partial charge in [0, 0.05) is 17.5 Å². The molecule has 1 aromatic heterocycles. The number of imide groups is 2. The summed E-state index contributed by atoms with van der Waals surface area (Å²) in [5.41, 5.74) is 2.17. The highest BCUT2D eigenvalue weighted by molar-refractivity contribution is 7.10. The second-order valence-electron chi connectivity index (χ2n) is 7.68. The lowest BCUT2D eigenvalue weighted by molar-refractivity contribution is -0.144. The summed E-state index contributed by atoms with van der Waals surface area (Å²) >= 11 is 1.79. The van der Waals surface area contributed by atoms with Gasteiger partial charge in [-0.25, -0.2) is 9.69 Å². The van der Waals surface area contributed by atoms with E-state index < -0.39 is 17.8 Å². The lowest BCUT2D eigenvalue weighted by Gasteiger charge is -2.37. The average Bonchev–Trinajstić information content (AvgIpc) is 3.40. The fourth-order valence-electron chi connectivity index (χ4n) is 4.28. The number of fused-ring (bicyclic) bond motifs is 1. The number of carbonyl (C=O) groups excluding carboxylic acids is 3. The zero-order chi connectivity index (χ0) is 19.3. The van der Waals surface area contributed by atoms with E-state index in [2.05, 4.69) is 16.3 Å². The highest BCUT2D eigenvalue weighted by Crippen LogP contribution is 2.48. The summed E-state index contributed by atoms with van der Waals surface area (Å²) in [7, 11) is 0. The van der Waals surface area contributed by atoms with Crippen molar-refractivity contribution in [2.24, 2.45) is 5.92 Å². The summed E-state index contributed by atoms with van der Waals surface area (Å²) in [6, 6.07) is 11.2. The molecule has 144 valence electrons. The summed E-state index contributed by atoms with van der Waals surface area (Å²) in [6.07, 6.45) is 3.28. The number of rotatable bonds is 5. The van der Waals surface area contributed by atoms with E-state index >= 15 is 0 Å². The standard InChI is InChI=1S/C21H21N3O3S/c25-19-20(26)24(21(27)23(19)12-14-4-2-1-3-5-14)13-22-10-8-17-16(9-11-28-17)18(22)15-6-7-15/h1-5,9,11,15,18H,6-8,10,12-13H2/t18-/m1/s1. The molecule has 3 heterocycles. The number of thiophene rings is 1. The number of hydrogen-bond acceptors (Lipinski definition) is 5. The minimum absolute atomic E-state index is 0.126. The average molecular weight is 395 g/mol. The van der Waals surface area contributed by atoms with E-state index in [9.17, 15) is 14.4 Å². The second kappa shape index (κ2) is 6.83. The number of nitrogens with zero attached hydrogens (tertiary/aromatic N) is 3. The van der Waals surface area contributed by atoms with E-state index in [1.54, 1.807) is 11.3 Å². The van der Waals surface area contributed by atoms with Gasteiger partial charge in [0.2, 0.25) is 0 Å². The third-order valence-electron chi connectivity index (χ3n) is 5.83. The number of carbonyl (C=O) groups is 3. The Kier molecular flexibility index (Phi) is 4.29. The topological polar surface area (TPSA) is 60.9 Å². The molecular formula is C21H21N3O3S. The van der Waals surface area contributed by atoms with Gasteiger partial charge in [-0.05, 0) is 47.8 Å². The molecule has 6 nitrogen and oxygen atoms in total. The Morgan fingerprint density at radius 1 is 0.964 bits per heavy atom. The third kappa shape index (κ3) is 2.95. The quantitative estimate of drug-likeness (QED) is 0.577.